The lowest BCUT2D eigenvalue weighted by molar-refractivity contribution is -0.143. The Hall–Kier alpha value is -1.92. The number of nitrogens with one attached hydrogen (secondary N) is 2. The van der Waals surface area contributed by atoms with Crippen molar-refractivity contribution in [3.8, 4) is 0 Å². The van der Waals surface area contributed by atoms with E-state index in [1.165, 1.54) is 6.20 Å². The standard InChI is InChI=1S/C16H18Cl2N2O4/c1-3-23-15(21)7-12-9(16(22)24-4-2)8-19-13-5-10(17)11(18)6-14(13)20-12/h5-6,8,12,19-20H,3-4,7H2,1-2H3. The van der Waals surface area contributed by atoms with Crippen LogP contribution in [0.5, 0.6) is 0 Å². The molecule has 6 nitrogen and oxygen atoms in total. The maximum atomic E-state index is 12.2. The van der Waals surface area contributed by atoms with Crippen LogP contribution >= 0.6 is 23.2 Å². The van der Waals surface area contributed by atoms with Gasteiger partial charge in [0.2, 0.25) is 0 Å². The van der Waals surface area contributed by atoms with Gasteiger partial charge in [0.05, 0.1) is 52.7 Å². The number of fused-ring (bicyclic) bond motifs is 1. The van der Waals surface area contributed by atoms with Gasteiger partial charge >= 0.3 is 11.9 Å². The van der Waals surface area contributed by atoms with Gasteiger partial charge in [-0.05, 0) is 26.0 Å². The van der Waals surface area contributed by atoms with Gasteiger partial charge in [-0.15, -0.1) is 0 Å². The van der Waals surface area contributed by atoms with E-state index in [0.717, 1.165) is 0 Å². The molecule has 1 aliphatic rings. The summed E-state index contributed by atoms with van der Waals surface area (Å²) in [4.78, 5) is 24.1. The molecular weight excluding hydrogens is 355 g/mol. The van der Waals surface area contributed by atoms with Crippen molar-refractivity contribution in [1.82, 2.24) is 0 Å². The molecule has 1 heterocycles. The Bertz CT molecular complexity index is 676. The number of carbonyl (C=O) groups is 2. The molecule has 130 valence electrons. The highest BCUT2D eigenvalue weighted by Crippen LogP contribution is 2.35. The molecule has 0 saturated carbocycles. The number of halogens is 2. The normalized spacial score (nSPS) is 16.0. The Kier molecular flexibility index (Phi) is 6.34. The highest BCUT2D eigenvalue weighted by molar-refractivity contribution is 6.42. The number of ether oxygens (including phenoxy) is 2. The van der Waals surface area contributed by atoms with Gasteiger partial charge in [0.15, 0.2) is 0 Å². The Labute approximate surface area is 150 Å². The van der Waals surface area contributed by atoms with Crippen molar-refractivity contribution in [3.05, 3.63) is 34.0 Å². The van der Waals surface area contributed by atoms with Crippen LogP contribution in [0.4, 0.5) is 11.4 Å². The molecule has 1 atom stereocenters. The van der Waals surface area contributed by atoms with Crippen molar-refractivity contribution in [2.75, 3.05) is 23.8 Å². The van der Waals surface area contributed by atoms with Gasteiger partial charge in [-0.25, -0.2) is 4.79 Å². The molecule has 0 spiro atoms. The van der Waals surface area contributed by atoms with Crippen molar-refractivity contribution in [1.29, 1.82) is 0 Å². The zero-order chi connectivity index (χ0) is 17.7. The molecule has 0 fully saturated rings. The number of carbonyl (C=O) groups excluding carboxylic acids is 2. The number of rotatable bonds is 5. The molecule has 0 radical (unpaired) electrons. The fraction of sp³-hybridized carbons (Fsp3) is 0.375. The minimum Gasteiger partial charge on any atom is -0.466 e. The van der Waals surface area contributed by atoms with Crippen LogP contribution in [0, 0.1) is 0 Å². The molecule has 1 aromatic carbocycles. The summed E-state index contributed by atoms with van der Waals surface area (Å²) in [5, 5.41) is 6.86. The third kappa shape index (κ3) is 4.33. The summed E-state index contributed by atoms with van der Waals surface area (Å²) in [6.07, 6.45) is 1.48. The number of hydrogen-bond donors (Lipinski definition) is 2. The van der Waals surface area contributed by atoms with Gasteiger partial charge in [0.1, 0.15) is 0 Å². The lowest BCUT2D eigenvalue weighted by Gasteiger charge is -2.20. The summed E-state index contributed by atoms with van der Waals surface area (Å²) in [7, 11) is 0. The van der Waals surface area contributed by atoms with E-state index in [1.54, 1.807) is 26.0 Å². The van der Waals surface area contributed by atoms with Crippen LogP contribution in [0.2, 0.25) is 10.0 Å². The van der Waals surface area contributed by atoms with E-state index in [1.807, 2.05) is 0 Å². The van der Waals surface area contributed by atoms with E-state index in [9.17, 15) is 9.59 Å². The van der Waals surface area contributed by atoms with E-state index in [4.69, 9.17) is 32.7 Å². The van der Waals surface area contributed by atoms with Gasteiger partial charge < -0.3 is 20.1 Å². The Morgan fingerprint density at radius 2 is 1.71 bits per heavy atom. The second kappa shape index (κ2) is 8.26. The quantitative estimate of drug-likeness (QED) is 0.768. The Morgan fingerprint density at radius 1 is 1.08 bits per heavy atom. The number of hydrogen-bond acceptors (Lipinski definition) is 6. The summed E-state index contributed by atoms with van der Waals surface area (Å²) in [5.74, 6) is -0.939. The van der Waals surface area contributed by atoms with Crippen LogP contribution < -0.4 is 10.6 Å². The average Bonchev–Trinajstić information content (AvgIpc) is 2.68. The smallest absolute Gasteiger partial charge is 0.337 e. The third-order valence-electron chi connectivity index (χ3n) is 3.34. The van der Waals surface area contributed by atoms with Gasteiger partial charge in [0, 0.05) is 6.20 Å². The molecule has 0 aliphatic carbocycles. The maximum absolute atomic E-state index is 12.2. The monoisotopic (exact) mass is 372 g/mol. The average molecular weight is 373 g/mol. The zero-order valence-electron chi connectivity index (χ0n) is 13.3. The summed E-state index contributed by atoms with van der Waals surface area (Å²) in [6.45, 7) is 3.93. The predicted molar refractivity (Wildman–Crippen MR) is 93.5 cm³/mol. The molecule has 0 amide bonds. The lowest BCUT2D eigenvalue weighted by atomic mass is 10.0. The van der Waals surface area contributed by atoms with Crippen LogP contribution in [-0.4, -0.2) is 31.2 Å². The fourth-order valence-electron chi connectivity index (χ4n) is 2.27. The van der Waals surface area contributed by atoms with Crippen LogP contribution in [-0.2, 0) is 19.1 Å². The van der Waals surface area contributed by atoms with E-state index < -0.39 is 18.0 Å². The van der Waals surface area contributed by atoms with Crippen LogP contribution in [0.1, 0.15) is 20.3 Å². The van der Waals surface area contributed by atoms with Crippen molar-refractivity contribution in [2.24, 2.45) is 0 Å². The highest BCUT2D eigenvalue weighted by atomic mass is 35.5. The summed E-state index contributed by atoms with van der Waals surface area (Å²) in [5.41, 5.74) is 1.54. The lowest BCUT2D eigenvalue weighted by Crippen LogP contribution is -2.30. The molecule has 0 aromatic heterocycles. The van der Waals surface area contributed by atoms with Crippen LogP contribution in [0.3, 0.4) is 0 Å². The zero-order valence-corrected chi connectivity index (χ0v) is 14.8. The van der Waals surface area contributed by atoms with Gasteiger partial charge in [-0.2, -0.15) is 0 Å². The summed E-state index contributed by atoms with van der Waals surface area (Å²) in [6, 6.07) is 2.65. The number of benzene rings is 1. The first-order chi connectivity index (χ1) is 11.5. The number of anilines is 2. The molecule has 2 N–H and O–H groups in total. The first-order valence-electron chi connectivity index (χ1n) is 7.51. The van der Waals surface area contributed by atoms with Crippen molar-refractivity contribution in [2.45, 2.75) is 26.3 Å². The molecular formula is C16H18Cl2N2O4. The van der Waals surface area contributed by atoms with E-state index in [-0.39, 0.29) is 25.2 Å². The molecule has 24 heavy (non-hydrogen) atoms. The van der Waals surface area contributed by atoms with Gasteiger partial charge in [-0.1, -0.05) is 23.2 Å². The number of esters is 2. The molecule has 0 saturated heterocycles. The minimum absolute atomic E-state index is 0.0279. The molecule has 1 aromatic rings. The maximum Gasteiger partial charge on any atom is 0.337 e. The molecule has 2 rings (SSSR count). The second-order valence-corrected chi connectivity index (χ2v) is 5.80. The van der Waals surface area contributed by atoms with Gasteiger partial charge in [0.25, 0.3) is 0 Å². The highest BCUT2D eigenvalue weighted by Gasteiger charge is 2.28. The van der Waals surface area contributed by atoms with Crippen molar-refractivity contribution in [3.63, 3.8) is 0 Å². The molecule has 1 aliphatic heterocycles. The van der Waals surface area contributed by atoms with Gasteiger partial charge in [-0.3, -0.25) is 4.79 Å². The van der Waals surface area contributed by atoms with Crippen LogP contribution in [0.25, 0.3) is 0 Å². The first kappa shape index (κ1) is 18.4. The Morgan fingerprint density at radius 3 is 2.33 bits per heavy atom. The molecule has 1 unspecified atom stereocenters. The first-order valence-corrected chi connectivity index (χ1v) is 8.26. The third-order valence-corrected chi connectivity index (χ3v) is 4.06. The molecule has 8 heteroatoms. The molecule has 0 bridgehead atoms. The minimum atomic E-state index is -0.617. The van der Waals surface area contributed by atoms with Crippen molar-refractivity contribution < 1.29 is 19.1 Å². The van der Waals surface area contributed by atoms with Crippen LogP contribution in [0.15, 0.2) is 23.9 Å². The second-order valence-electron chi connectivity index (χ2n) is 4.98. The predicted octanol–water partition coefficient (Wildman–Crippen LogP) is 3.60. The largest absolute Gasteiger partial charge is 0.466 e. The fourth-order valence-corrected chi connectivity index (χ4v) is 2.60. The van der Waals surface area contributed by atoms with E-state index >= 15 is 0 Å². The topological polar surface area (TPSA) is 76.7 Å². The SMILES string of the molecule is CCOC(=O)CC1Nc2cc(Cl)c(Cl)cc2NC=C1C(=O)OCC. The summed E-state index contributed by atoms with van der Waals surface area (Å²) < 4.78 is 10.0. The van der Waals surface area contributed by atoms with Crippen molar-refractivity contribution >= 4 is 46.5 Å². The Balaban J connectivity index is 2.34. The van der Waals surface area contributed by atoms with E-state index in [0.29, 0.717) is 21.4 Å². The van der Waals surface area contributed by atoms with E-state index in [2.05, 4.69) is 10.6 Å². The summed E-state index contributed by atoms with van der Waals surface area (Å²) >= 11 is 12.1.